The molecule has 10 heteroatoms. The fourth-order valence-corrected chi connectivity index (χ4v) is 4.35. The van der Waals surface area contributed by atoms with E-state index in [0.29, 0.717) is 40.4 Å². The van der Waals surface area contributed by atoms with E-state index in [4.69, 9.17) is 14.6 Å². The van der Waals surface area contributed by atoms with Crippen molar-refractivity contribution in [2.75, 3.05) is 37.2 Å². The average Bonchev–Trinajstić information content (AvgIpc) is 3.23. The number of methoxy groups -OCH3 is 2. The molecule has 1 unspecified atom stereocenters. The molecule has 4 rings (SSSR count). The second kappa shape index (κ2) is 10.5. The van der Waals surface area contributed by atoms with Crippen molar-refractivity contribution in [3.05, 3.63) is 65.6 Å². The Labute approximate surface area is 196 Å². The maximum absolute atomic E-state index is 13.4. The third kappa shape index (κ3) is 5.18. The van der Waals surface area contributed by atoms with Crippen LogP contribution in [0.2, 0.25) is 0 Å². The van der Waals surface area contributed by atoms with E-state index in [2.05, 4.69) is 20.6 Å². The Bertz CT molecular complexity index is 1150. The van der Waals surface area contributed by atoms with Crippen molar-refractivity contribution < 1.29 is 14.3 Å². The lowest BCUT2D eigenvalue weighted by Crippen LogP contribution is -2.31. The number of carbonyl (C=O) groups is 1. The Kier molecular flexibility index (Phi) is 7.26. The molecule has 0 aliphatic carbocycles. The number of pyridine rings is 1. The number of ether oxygens (including phenoxy) is 2. The van der Waals surface area contributed by atoms with Crippen LogP contribution >= 0.6 is 11.8 Å². The van der Waals surface area contributed by atoms with Gasteiger partial charge in [0.2, 0.25) is 11.1 Å². The zero-order valence-electron chi connectivity index (χ0n) is 18.7. The van der Waals surface area contributed by atoms with E-state index in [1.165, 1.54) is 0 Å². The van der Waals surface area contributed by atoms with Gasteiger partial charge in [0.15, 0.2) is 0 Å². The van der Waals surface area contributed by atoms with Gasteiger partial charge in [-0.1, -0.05) is 23.9 Å². The molecule has 33 heavy (non-hydrogen) atoms. The number of anilines is 2. The molecule has 172 valence electrons. The molecule has 1 atom stereocenters. The number of fused-ring (bicyclic) bond motifs is 1. The van der Waals surface area contributed by atoms with Crippen molar-refractivity contribution in [1.82, 2.24) is 19.7 Å². The summed E-state index contributed by atoms with van der Waals surface area (Å²) in [7, 11) is 3.31. The molecule has 0 bridgehead atoms. The summed E-state index contributed by atoms with van der Waals surface area (Å²) in [5.74, 6) is 1.89. The molecule has 0 spiro atoms. The highest BCUT2D eigenvalue weighted by Gasteiger charge is 2.34. The predicted octanol–water partition coefficient (Wildman–Crippen LogP) is 3.74. The first-order valence-electron chi connectivity index (χ1n) is 10.5. The van der Waals surface area contributed by atoms with Crippen LogP contribution in [0.1, 0.15) is 24.9 Å². The summed E-state index contributed by atoms with van der Waals surface area (Å²) >= 11 is 1.56. The van der Waals surface area contributed by atoms with Gasteiger partial charge in [-0.2, -0.15) is 4.98 Å². The fraction of sp³-hybridized carbons (Fsp3) is 0.304. The molecule has 0 saturated carbocycles. The third-order valence-electron chi connectivity index (χ3n) is 5.13. The van der Waals surface area contributed by atoms with Crippen molar-refractivity contribution in [1.29, 1.82) is 0 Å². The lowest BCUT2D eigenvalue weighted by molar-refractivity contribution is -0.113. The van der Waals surface area contributed by atoms with Gasteiger partial charge in [-0.3, -0.25) is 9.78 Å². The first-order chi connectivity index (χ1) is 16.1. The van der Waals surface area contributed by atoms with E-state index in [1.54, 1.807) is 55.2 Å². The smallest absolute Gasteiger partial charge is 0.255 e. The van der Waals surface area contributed by atoms with E-state index in [9.17, 15) is 4.79 Å². The van der Waals surface area contributed by atoms with Crippen LogP contribution in [-0.2, 0) is 9.53 Å². The molecule has 0 saturated heterocycles. The Hall–Kier alpha value is -3.37. The molecule has 2 aromatic heterocycles. The highest BCUT2D eigenvalue weighted by atomic mass is 32.2. The van der Waals surface area contributed by atoms with Crippen molar-refractivity contribution in [2.24, 2.45) is 0 Å². The minimum absolute atomic E-state index is 0.240. The first-order valence-corrected chi connectivity index (χ1v) is 11.5. The van der Waals surface area contributed by atoms with Crippen molar-refractivity contribution in [2.45, 2.75) is 24.5 Å². The van der Waals surface area contributed by atoms with Crippen molar-refractivity contribution >= 4 is 29.3 Å². The summed E-state index contributed by atoms with van der Waals surface area (Å²) in [6.07, 6.45) is 4.17. The standard InChI is InChI=1S/C23H26N6O3S/c1-15-19(21(30)26-17-8-5-10-24-14-17)20(16-7-4-9-18(13-16)32-3)29-22(25-15)27-23(28-29)33-12-6-11-31-2/h4-5,7-10,13-14,20H,6,11-12H2,1-3H3,(H,26,30)(H,25,27,28). The van der Waals surface area contributed by atoms with E-state index in [0.717, 1.165) is 17.7 Å². The number of benzene rings is 1. The fourth-order valence-electron chi connectivity index (χ4n) is 3.61. The van der Waals surface area contributed by atoms with Gasteiger partial charge in [-0.15, -0.1) is 5.10 Å². The molecule has 1 aromatic carbocycles. The van der Waals surface area contributed by atoms with Crippen LogP contribution in [0.3, 0.4) is 0 Å². The van der Waals surface area contributed by atoms with Crippen LogP contribution in [0.15, 0.2) is 65.2 Å². The quantitative estimate of drug-likeness (QED) is 0.363. The van der Waals surface area contributed by atoms with Crippen LogP contribution < -0.4 is 15.4 Å². The van der Waals surface area contributed by atoms with Gasteiger partial charge in [0.1, 0.15) is 11.8 Å². The second-order valence-corrected chi connectivity index (χ2v) is 8.46. The summed E-state index contributed by atoms with van der Waals surface area (Å²) in [6.45, 7) is 2.56. The predicted molar refractivity (Wildman–Crippen MR) is 128 cm³/mol. The highest BCUT2D eigenvalue weighted by Crippen LogP contribution is 2.37. The van der Waals surface area contributed by atoms with E-state index in [1.807, 2.05) is 31.2 Å². The summed E-state index contributed by atoms with van der Waals surface area (Å²) in [6, 6.07) is 10.7. The molecule has 1 aliphatic heterocycles. The Morgan fingerprint density at radius 1 is 1.27 bits per heavy atom. The van der Waals surface area contributed by atoms with Crippen molar-refractivity contribution in [3.63, 3.8) is 0 Å². The largest absolute Gasteiger partial charge is 0.497 e. The van der Waals surface area contributed by atoms with Gasteiger partial charge in [-0.25, -0.2) is 4.68 Å². The maximum atomic E-state index is 13.4. The average molecular weight is 467 g/mol. The van der Waals surface area contributed by atoms with Gasteiger partial charge < -0.3 is 20.1 Å². The number of nitrogens with one attached hydrogen (secondary N) is 2. The van der Waals surface area contributed by atoms with E-state index < -0.39 is 6.04 Å². The van der Waals surface area contributed by atoms with Crippen LogP contribution in [-0.4, -0.2) is 52.2 Å². The number of hydrogen-bond acceptors (Lipinski definition) is 8. The summed E-state index contributed by atoms with van der Waals surface area (Å²) < 4.78 is 12.3. The van der Waals surface area contributed by atoms with Crippen LogP contribution in [0.4, 0.5) is 11.6 Å². The number of rotatable bonds is 9. The summed E-state index contributed by atoms with van der Waals surface area (Å²) in [4.78, 5) is 22.2. The normalized spacial score (nSPS) is 15.1. The van der Waals surface area contributed by atoms with Gasteiger partial charge in [0.05, 0.1) is 24.6 Å². The number of aromatic nitrogens is 4. The van der Waals surface area contributed by atoms with E-state index in [-0.39, 0.29) is 5.91 Å². The lowest BCUT2D eigenvalue weighted by atomic mass is 9.95. The number of thioether (sulfide) groups is 1. The van der Waals surface area contributed by atoms with Crippen LogP contribution in [0.25, 0.3) is 0 Å². The molecule has 0 radical (unpaired) electrons. The lowest BCUT2D eigenvalue weighted by Gasteiger charge is -2.28. The first kappa shape index (κ1) is 22.8. The second-order valence-electron chi connectivity index (χ2n) is 7.40. The highest BCUT2D eigenvalue weighted by molar-refractivity contribution is 7.99. The van der Waals surface area contributed by atoms with Crippen LogP contribution in [0.5, 0.6) is 5.75 Å². The molecule has 2 N–H and O–H groups in total. The molecular formula is C23H26N6O3S. The maximum Gasteiger partial charge on any atom is 0.255 e. The number of nitrogens with zero attached hydrogens (tertiary/aromatic N) is 4. The summed E-state index contributed by atoms with van der Waals surface area (Å²) in [5.41, 5.74) is 2.74. The Morgan fingerprint density at radius 3 is 2.91 bits per heavy atom. The van der Waals surface area contributed by atoms with Crippen LogP contribution in [0, 0.1) is 0 Å². The molecule has 1 amide bonds. The number of hydrogen-bond donors (Lipinski definition) is 2. The third-order valence-corrected chi connectivity index (χ3v) is 6.05. The zero-order chi connectivity index (χ0) is 23.2. The topological polar surface area (TPSA) is 103 Å². The van der Waals surface area contributed by atoms with Gasteiger partial charge >= 0.3 is 0 Å². The van der Waals surface area contributed by atoms with Gasteiger partial charge in [0.25, 0.3) is 5.91 Å². The Balaban J connectivity index is 1.71. The number of allylic oxidation sites excluding steroid dienone is 1. The number of carbonyl (C=O) groups excluding carboxylic acids is 1. The molecule has 3 aromatic rings. The SMILES string of the molecule is COCCCSc1nc2n(n1)C(c1cccc(OC)c1)C(C(=O)Nc1cccnc1)=C(C)N2. The minimum atomic E-state index is -0.478. The minimum Gasteiger partial charge on any atom is -0.497 e. The number of amides is 1. The van der Waals surface area contributed by atoms with E-state index >= 15 is 0 Å². The molecular weight excluding hydrogens is 440 g/mol. The molecule has 1 aliphatic rings. The zero-order valence-corrected chi connectivity index (χ0v) is 19.6. The monoisotopic (exact) mass is 466 g/mol. The van der Waals surface area contributed by atoms with Crippen molar-refractivity contribution in [3.8, 4) is 5.75 Å². The van der Waals surface area contributed by atoms with Gasteiger partial charge in [-0.05, 0) is 43.2 Å². The Morgan fingerprint density at radius 2 is 2.15 bits per heavy atom. The van der Waals surface area contributed by atoms with Gasteiger partial charge in [0, 0.05) is 31.4 Å². The molecule has 3 heterocycles. The summed E-state index contributed by atoms with van der Waals surface area (Å²) in [5, 5.41) is 11.6. The molecule has 0 fully saturated rings. The molecule has 9 nitrogen and oxygen atoms in total.